The second-order valence-corrected chi connectivity index (χ2v) is 6.31. The molecule has 0 saturated heterocycles. The Labute approximate surface area is 139 Å². The summed E-state index contributed by atoms with van der Waals surface area (Å²) in [7, 11) is 0. The van der Waals surface area contributed by atoms with Gasteiger partial charge in [-0.25, -0.2) is 8.60 Å². The Hall–Kier alpha value is -1.44. The lowest BCUT2D eigenvalue weighted by atomic mass is 10.1. The van der Waals surface area contributed by atoms with Gasteiger partial charge in [0.1, 0.15) is 5.82 Å². The van der Waals surface area contributed by atoms with E-state index in [1.54, 1.807) is 18.2 Å². The van der Waals surface area contributed by atoms with Gasteiger partial charge >= 0.3 is 0 Å². The third kappa shape index (κ3) is 5.40. The molecular formula is C15H16BrFN2O2S. The molecule has 3 N–H and O–H groups in total. The molecule has 0 aliphatic carbocycles. The largest absolute Gasteiger partial charge is 0.385 e. The van der Waals surface area contributed by atoms with Gasteiger partial charge in [-0.2, -0.15) is 0 Å². The van der Waals surface area contributed by atoms with Crippen LogP contribution in [0.4, 0.5) is 15.8 Å². The number of halogens is 2. The molecule has 0 saturated carbocycles. The molecule has 0 heterocycles. The average Bonchev–Trinajstić information content (AvgIpc) is 2.46. The van der Waals surface area contributed by atoms with E-state index in [0.29, 0.717) is 24.2 Å². The maximum Gasteiger partial charge on any atom is 0.259 e. The molecule has 0 amide bonds. The van der Waals surface area contributed by atoms with Crippen molar-refractivity contribution in [1.29, 1.82) is 0 Å². The van der Waals surface area contributed by atoms with Gasteiger partial charge in [0.05, 0.1) is 0 Å². The highest BCUT2D eigenvalue weighted by Gasteiger charge is 2.02. The van der Waals surface area contributed by atoms with Gasteiger partial charge in [0.25, 0.3) is 11.3 Å². The summed E-state index contributed by atoms with van der Waals surface area (Å²) in [5, 5.41) is 3.23. The first-order valence-corrected chi connectivity index (χ1v) is 8.60. The van der Waals surface area contributed by atoms with Crippen LogP contribution in [0.1, 0.15) is 12.0 Å². The van der Waals surface area contributed by atoms with E-state index in [9.17, 15) is 8.60 Å². The summed E-state index contributed by atoms with van der Waals surface area (Å²) in [6.07, 6.45) is 1.47. The van der Waals surface area contributed by atoms with Crippen LogP contribution in [0.15, 0.2) is 46.9 Å². The van der Waals surface area contributed by atoms with Gasteiger partial charge in [-0.15, -0.1) is 0 Å². The summed E-state index contributed by atoms with van der Waals surface area (Å²) in [5.74, 6) is -0.193. The molecule has 4 nitrogen and oxygen atoms in total. The lowest BCUT2D eigenvalue weighted by Gasteiger charge is -2.08. The maximum atomic E-state index is 13.6. The van der Waals surface area contributed by atoms with Gasteiger partial charge in [-0.1, -0.05) is 22.0 Å². The fourth-order valence-electron chi connectivity index (χ4n) is 1.99. The molecule has 2 aromatic carbocycles. The van der Waals surface area contributed by atoms with E-state index in [4.69, 9.17) is 4.55 Å². The van der Waals surface area contributed by atoms with Crippen LogP contribution < -0.4 is 10.0 Å². The Bertz CT molecular complexity index is 652. The number of aryl methyl sites for hydroxylation is 1. The summed E-state index contributed by atoms with van der Waals surface area (Å²) < 4.78 is 36.1. The van der Waals surface area contributed by atoms with Gasteiger partial charge in [0.2, 0.25) is 0 Å². The predicted octanol–water partition coefficient (Wildman–Crippen LogP) is 4.18. The minimum Gasteiger partial charge on any atom is -0.385 e. The van der Waals surface area contributed by atoms with Crippen molar-refractivity contribution in [3.8, 4) is 0 Å². The van der Waals surface area contributed by atoms with Crippen molar-refractivity contribution in [2.75, 3.05) is 16.6 Å². The molecule has 2 rings (SSSR count). The van der Waals surface area contributed by atoms with E-state index >= 15 is 0 Å². The van der Waals surface area contributed by atoms with Crippen LogP contribution in [0.2, 0.25) is 0 Å². The van der Waals surface area contributed by atoms with E-state index in [2.05, 4.69) is 26.0 Å². The topological polar surface area (TPSA) is 61.4 Å². The van der Waals surface area contributed by atoms with Crippen LogP contribution >= 0.6 is 15.9 Å². The highest BCUT2D eigenvalue weighted by molar-refractivity contribution is 9.10. The minimum absolute atomic E-state index is 0.193. The Balaban J connectivity index is 1.77. The predicted molar refractivity (Wildman–Crippen MR) is 91.7 cm³/mol. The zero-order valence-corrected chi connectivity index (χ0v) is 14.1. The highest BCUT2D eigenvalue weighted by atomic mass is 79.9. The Morgan fingerprint density at radius 1 is 1.14 bits per heavy atom. The van der Waals surface area contributed by atoms with Crippen LogP contribution in [-0.4, -0.2) is 15.3 Å². The SMILES string of the molecule is O=S(O)Nc1ccc(NCCCc2ccc(Br)cc2F)cc1. The molecule has 118 valence electrons. The first kappa shape index (κ1) is 16.9. The molecule has 1 unspecified atom stereocenters. The number of benzene rings is 2. The van der Waals surface area contributed by atoms with Gasteiger partial charge in [0.15, 0.2) is 0 Å². The van der Waals surface area contributed by atoms with E-state index in [1.165, 1.54) is 6.07 Å². The quantitative estimate of drug-likeness (QED) is 0.493. The number of rotatable bonds is 7. The standard InChI is InChI=1S/C15H16BrFN2O2S/c16-12-4-3-11(15(17)10-12)2-1-9-18-13-5-7-14(8-6-13)19-22(20)21/h3-8,10,18-19H,1-2,9H2,(H,20,21). The third-order valence-electron chi connectivity index (χ3n) is 3.06. The van der Waals surface area contributed by atoms with Crippen LogP contribution in [-0.2, 0) is 17.7 Å². The molecule has 0 bridgehead atoms. The summed E-state index contributed by atoms with van der Waals surface area (Å²) in [5.41, 5.74) is 2.18. The number of hydrogen-bond acceptors (Lipinski definition) is 2. The molecule has 0 fully saturated rings. The molecule has 22 heavy (non-hydrogen) atoms. The average molecular weight is 387 g/mol. The Morgan fingerprint density at radius 2 is 1.82 bits per heavy atom. The zero-order chi connectivity index (χ0) is 15.9. The van der Waals surface area contributed by atoms with Gasteiger partial charge < -0.3 is 5.32 Å². The molecule has 2 aromatic rings. The van der Waals surface area contributed by atoms with E-state index < -0.39 is 11.3 Å². The van der Waals surface area contributed by atoms with Crippen molar-refractivity contribution in [3.05, 3.63) is 58.3 Å². The van der Waals surface area contributed by atoms with Gasteiger partial charge in [-0.05, 0) is 54.8 Å². The second-order valence-electron chi connectivity index (χ2n) is 4.69. The Morgan fingerprint density at radius 3 is 2.45 bits per heavy atom. The van der Waals surface area contributed by atoms with Crippen molar-refractivity contribution in [1.82, 2.24) is 0 Å². The van der Waals surface area contributed by atoms with Crippen molar-refractivity contribution < 1.29 is 13.2 Å². The summed E-state index contributed by atoms with van der Waals surface area (Å²) in [4.78, 5) is 0. The summed E-state index contributed by atoms with van der Waals surface area (Å²) >= 11 is 1.17. The van der Waals surface area contributed by atoms with E-state index in [0.717, 1.165) is 16.6 Å². The van der Waals surface area contributed by atoms with Gasteiger partial charge in [-0.3, -0.25) is 9.27 Å². The fraction of sp³-hybridized carbons (Fsp3) is 0.200. The third-order valence-corrected chi connectivity index (χ3v) is 3.96. The normalized spacial score (nSPS) is 12.0. The molecule has 7 heteroatoms. The van der Waals surface area contributed by atoms with Crippen LogP contribution in [0.3, 0.4) is 0 Å². The van der Waals surface area contributed by atoms with Crippen molar-refractivity contribution >= 4 is 38.6 Å². The summed E-state index contributed by atoms with van der Waals surface area (Å²) in [6, 6.07) is 12.2. The maximum absolute atomic E-state index is 13.6. The van der Waals surface area contributed by atoms with E-state index in [1.807, 2.05) is 18.2 Å². The molecular weight excluding hydrogens is 371 g/mol. The van der Waals surface area contributed by atoms with Gasteiger partial charge in [0, 0.05) is 22.4 Å². The van der Waals surface area contributed by atoms with Crippen LogP contribution in [0, 0.1) is 5.82 Å². The lowest BCUT2D eigenvalue weighted by Crippen LogP contribution is -2.05. The smallest absolute Gasteiger partial charge is 0.259 e. The first-order chi connectivity index (χ1) is 10.5. The summed E-state index contributed by atoms with van der Waals surface area (Å²) in [6.45, 7) is 0.716. The minimum atomic E-state index is -2.06. The number of nitrogens with one attached hydrogen (secondary N) is 2. The molecule has 0 aliphatic rings. The molecule has 0 aromatic heterocycles. The highest BCUT2D eigenvalue weighted by Crippen LogP contribution is 2.17. The van der Waals surface area contributed by atoms with E-state index in [-0.39, 0.29) is 5.82 Å². The molecule has 1 atom stereocenters. The monoisotopic (exact) mass is 386 g/mol. The zero-order valence-electron chi connectivity index (χ0n) is 11.7. The van der Waals surface area contributed by atoms with Crippen molar-refractivity contribution in [2.24, 2.45) is 0 Å². The van der Waals surface area contributed by atoms with Crippen molar-refractivity contribution in [3.63, 3.8) is 0 Å². The van der Waals surface area contributed by atoms with Crippen LogP contribution in [0.5, 0.6) is 0 Å². The number of hydrogen-bond donors (Lipinski definition) is 3. The first-order valence-electron chi connectivity index (χ1n) is 6.70. The van der Waals surface area contributed by atoms with Crippen LogP contribution in [0.25, 0.3) is 0 Å². The molecule has 0 radical (unpaired) electrons. The molecule has 0 aliphatic heterocycles. The number of anilines is 2. The Kier molecular flexibility index (Phi) is 6.35. The fourth-order valence-corrected chi connectivity index (χ4v) is 2.66. The van der Waals surface area contributed by atoms with Crippen molar-refractivity contribution in [2.45, 2.75) is 12.8 Å². The second kappa shape index (κ2) is 8.26. The molecule has 0 spiro atoms. The lowest BCUT2D eigenvalue weighted by molar-refractivity contribution is 0.570.